The lowest BCUT2D eigenvalue weighted by Crippen LogP contribution is -2.48. The van der Waals surface area contributed by atoms with Gasteiger partial charge in [0.25, 0.3) is 0 Å². The molecule has 1 aliphatic heterocycles. The second kappa shape index (κ2) is 9.97. The Morgan fingerprint density at radius 3 is 2.55 bits per heavy atom. The van der Waals surface area contributed by atoms with Gasteiger partial charge in [0, 0.05) is 37.6 Å². The molecule has 1 amide bonds. The van der Waals surface area contributed by atoms with Gasteiger partial charge in [0.2, 0.25) is 5.91 Å². The Kier molecular flexibility index (Phi) is 7.23. The van der Waals surface area contributed by atoms with Crippen molar-refractivity contribution in [3.8, 4) is 6.07 Å². The van der Waals surface area contributed by atoms with Crippen LogP contribution in [0, 0.1) is 29.6 Å². The van der Waals surface area contributed by atoms with Gasteiger partial charge in [-0.25, -0.2) is 0 Å². The summed E-state index contributed by atoms with van der Waals surface area (Å²) in [4.78, 5) is 18.8. The number of nitrogens with one attached hydrogen (secondary N) is 1. The third kappa shape index (κ3) is 5.66. The van der Waals surface area contributed by atoms with Crippen LogP contribution in [0.3, 0.4) is 0 Å². The predicted octanol–water partition coefficient (Wildman–Crippen LogP) is 4.84. The molecule has 33 heavy (non-hydrogen) atoms. The Morgan fingerprint density at radius 1 is 1.18 bits per heavy atom. The number of hydrogen-bond donors (Lipinski definition) is 1. The second-order valence-corrected chi connectivity index (χ2v) is 11.8. The number of carbonyl (C=O) groups is 1. The lowest BCUT2D eigenvalue weighted by Gasteiger charge is -2.34. The highest BCUT2D eigenvalue weighted by molar-refractivity contribution is 7.16. The molecule has 1 aromatic heterocycles. The molecular weight excluding hydrogens is 428 g/mol. The van der Waals surface area contributed by atoms with Crippen molar-refractivity contribution in [1.82, 2.24) is 9.80 Å². The highest BCUT2D eigenvalue weighted by Gasteiger charge is 2.32. The molecule has 2 heterocycles. The van der Waals surface area contributed by atoms with E-state index in [2.05, 4.69) is 73.1 Å². The first-order valence-electron chi connectivity index (χ1n) is 12.1. The maximum atomic E-state index is 12.8. The average molecular weight is 465 g/mol. The molecular formula is C27H36N4OS. The highest BCUT2D eigenvalue weighted by atomic mass is 32.1. The Morgan fingerprint density at radius 2 is 1.88 bits per heavy atom. The Balaban J connectivity index is 1.31. The fraction of sp³-hybridized carbons (Fsp3) is 0.556. The molecule has 1 N–H and O–H groups in total. The maximum absolute atomic E-state index is 12.8. The summed E-state index contributed by atoms with van der Waals surface area (Å²) in [5.41, 5.74) is 4.84. The van der Waals surface area contributed by atoms with E-state index in [1.807, 2.05) is 0 Å². The van der Waals surface area contributed by atoms with Crippen LogP contribution in [-0.2, 0) is 24.2 Å². The molecule has 0 bridgehead atoms. The topological polar surface area (TPSA) is 59.4 Å². The molecule has 1 atom stereocenters. The minimum Gasteiger partial charge on any atom is -0.315 e. The van der Waals surface area contributed by atoms with Crippen LogP contribution >= 0.6 is 11.3 Å². The smallest absolute Gasteiger partial charge is 0.239 e. The molecule has 1 fully saturated rings. The maximum Gasteiger partial charge on any atom is 0.239 e. The van der Waals surface area contributed by atoms with Gasteiger partial charge < -0.3 is 5.32 Å². The van der Waals surface area contributed by atoms with Crippen LogP contribution in [0.1, 0.15) is 54.3 Å². The fourth-order valence-electron chi connectivity index (χ4n) is 5.03. The van der Waals surface area contributed by atoms with Gasteiger partial charge in [-0.05, 0) is 54.2 Å². The van der Waals surface area contributed by atoms with Crippen LogP contribution in [0.4, 0.5) is 5.00 Å². The third-order valence-electron chi connectivity index (χ3n) is 7.34. The van der Waals surface area contributed by atoms with Crippen LogP contribution < -0.4 is 5.32 Å². The number of piperazine rings is 1. The summed E-state index contributed by atoms with van der Waals surface area (Å²) in [7, 11) is 0. The first kappa shape index (κ1) is 23.9. The second-order valence-electron chi connectivity index (χ2n) is 10.7. The van der Waals surface area contributed by atoms with Crippen molar-refractivity contribution in [2.75, 3.05) is 38.0 Å². The van der Waals surface area contributed by atoms with Gasteiger partial charge in [-0.15, -0.1) is 11.3 Å². The highest BCUT2D eigenvalue weighted by Crippen LogP contribution is 2.43. The zero-order chi connectivity index (χ0) is 23.6. The van der Waals surface area contributed by atoms with Crippen molar-refractivity contribution >= 4 is 22.2 Å². The quantitative estimate of drug-likeness (QED) is 0.688. The van der Waals surface area contributed by atoms with Gasteiger partial charge in [0.1, 0.15) is 11.1 Å². The van der Waals surface area contributed by atoms with Gasteiger partial charge in [0.05, 0.1) is 12.1 Å². The number of anilines is 1. The molecule has 0 radical (unpaired) electrons. The number of aryl methyl sites for hydroxylation is 1. The number of thiophene rings is 1. The number of nitriles is 1. The number of rotatable bonds is 5. The molecule has 0 spiro atoms. The van der Waals surface area contributed by atoms with E-state index in [9.17, 15) is 10.1 Å². The fourth-order valence-corrected chi connectivity index (χ4v) is 6.33. The summed E-state index contributed by atoms with van der Waals surface area (Å²) < 4.78 is 0. The van der Waals surface area contributed by atoms with Gasteiger partial charge in [0.15, 0.2) is 0 Å². The summed E-state index contributed by atoms with van der Waals surface area (Å²) in [6.45, 7) is 14.1. The molecule has 5 nitrogen and oxygen atoms in total. The Bertz CT molecular complexity index is 1040. The normalized spacial score (nSPS) is 19.7. The molecule has 0 saturated carbocycles. The number of hydrogen-bond acceptors (Lipinski definition) is 5. The van der Waals surface area contributed by atoms with Crippen LogP contribution in [0.5, 0.6) is 0 Å². The number of nitrogens with zero attached hydrogens (tertiary/aromatic N) is 3. The number of fused-ring (bicyclic) bond motifs is 1. The SMILES string of the molecule is Cc1ccccc1CN1CCN(CC(=O)Nc2sc3c(c2C#N)CCC(C(C)(C)C)C3)CC1. The largest absolute Gasteiger partial charge is 0.315 e. The van der Waals surface area contributed by atoms with E-state index in [4.69, 9.17) is 0 Å². The van der Waals surface area contributed by atoms with Gasteiger partial charge >= 0.3 is 0 Å². The molecule has 6 heteroatoms. The van der Waals surface area contributed by atoms with Gasteiger partial charge in [-0.1, -0.05) is 45.0 Å². The van der Waals surface area contributed by atoms with Gasteiger partial charge in [-0.3, -0.25) is 14.6 Å². The lowest BCUT2D eigenvalue weighted by molar-refractivity contribution is -0.117. The Labute approximate surface area is 202 Å². The zero-order valence-corrected chi connectivity index (χ0v) is 21.2. The number of carbonyl (C=O) groups excluding carboxylic acids is 1. The van der Waals surface area contributed by atoms with Crippen molar-refractivity contribution in [3.63, 3.8) is 0 Å². The molecule has 2 aromatic rings. The van der Waals surface area contributed by atoms with Crippen molar-refractivity contribution in [3.05, 3.63) is 51.4 Å². The van der Waals surface area contributed by atoms with E-state index in [0.717, 1.165) is 57.0 Å². The van der Waals surface area contributed by atoms with Crippen LogP contribution in [-0.4, -0.2) is 48.4 Å². The van der Waals surface area contributed by atoms with E-state index >= 15 is 0 Å². The monoisotopic (exact) mass is 464 g/mol. The number of benzene rings is 1. The van der Waals surface area contributed by atoms with E-state index < -0.39 is 0 Å². The number of amides is 1. The van der Waals surface area contributed by atoms with Crippen LogP contribution in [0.25, 0.3) is 0 Å². The van der Waals surface area contributed by atoms with Crippen molar-refractivity contribution in [2.24, 2.45) is 11.3 Å². The summed E-state index contributed by atoms with van der Waals surface area (Å²) in [6, 6.07) is 10.9. The molecule has 1 unspecified atom stereocenters. The molecule has 176 valence electrons. The van der Waals surface area contributed by atoms with Crippen molar-refractivity contribution in [1.29, 1.82) is 5.26 Å². The third-order valence-corrected chi connectivity index (χ3v) is 8.51. The predicted molar refractivity (Wildman–Crippen MR) is 136 cm³/mol. The van der Waals surface area contributed by atoms with E-state index in [1.165, 1.54) is 21.6 Å². The van der Waals surface area contributed by atoms with E-state index in [-0.39, 0.29) is 11.3 Å². The molecule has 4 rings (SSSR count). The zero-order valence-electron chi connectivity index (χ0n) is 20.4. The van der Waals surface area contributed by atoms with E-state index in [1.54, 1.807) is 11.3 Å². The summed E-state index contributed by atoms with van der Waals surface area (Å²) in [5.74, 6) is 0.611. The molecule has 2 aliphatic rings. The molecule has 1 aromatic carbocycles. The van der Waals surface area contributed by atoms with Crippen molar-refractivity contribution < 1.29 is 4.79 Å². The molecule has 1 aliphatic carbocycles. The van der Waals surface area contributed by atoms with Crippen LogP contribution in [0.15, 0.2) is 24.3 Å². The standard InChI is InChI=1S/C27H36N4OS/c1-19-7-5-6-8-20(19)17-30-11-13-31(14-12-30)18-25(32)29-26-23(16-28)22-10-9-21(27(2,3)4)15-24(22)33-26/h5-8,21H,9-15,17-18H2,1-4H3,(H,29,32). The van der Waals surface area contributed by atoms with Crippen molar-refractivity contribution in [2.45, 2.75) is 53.5 Å². The average Bonchev–Trinajstić information content (AvgIpc) is 3.12. The van der Waals surface area contributed by atoms with Gasteiger partial charge in [-0.2, -0.15) is 5.26 Å². The van der Waals surface area contributed by atoms with Crippen LogP contribution in [0.2, 0.25) is 0 Å². The lowest BCUT2D eigenvalue weighted by atomic mass is 9.72. The summed E-state index contributed by atoms with van der Waals surface area (Å²) in [5, 5.41) is 13.6. The summed E-state index contributed by atoms with van der Waals surface area (Å²) in [6.07, 6.45) is 3.06. The molecule has 1 saturated heterocycles. The first-order valence-corrected chi connectivity index (χ1v) is 12.9. The minimum absolute atomic E-state index is 0.00942. The summed E-state index contributed by atoms with van der Waals surface area (Å²) >= 11 is 1.62. The first-order chi connectivity index (χ1) is 15.7. The minimum atomic E-state index is -0.00942. The van der Waals surface area contributed by atoms with E-state index in [0.29, 0.717) is 18.0 Å². The Hall–Kier alpha value is -2.20.